The molecule has 0 unspecified atom stereocenters. The van der Waals surface area contributed by atoms with Crippen molar-refractivity contribution in [2.45, 2.75) is 26.7 Å². The summed E-state index contributed by atoms with van der Waals surface area (Å²) in [5, 5.41) is 3.42. The molecule has 0 spiro atoms. The average molecular weight is 495 g/mol. The van der Waals surface area contributed by atoms with Crippen LogP contribution >= 0.6 is 0 Å². The predicted molar refractivity (Wildman–Crippen MR) is 84.1 cm³/mol. The van der Waals surface area contributed by atoms with Crippen molar-refractivity contribution < 1.29 is 56.2 Å². The standard InChI is InChI=1S/C15H22N4.2BrH.Co.H2O/c1-12-14-6-3-7-15(19-14)13(2)18-11-5-9-16-8-4-10-17-12;;;;/h3,6-7,16H,4-5,8-11H2,1-2H3;2*1H;;1H2/q;;;+2;/p-2/b17-12-,18-13+;;;;. The maximum absolute atomic E-state index is 4.65. The summed E-state index contributed by atoms with van der Waals surface area (Å²) in [5.41, 5.74) is 3.92. The van der Waals surface area contributed by atoms with Gasteiger partial charge in [-0.05, 0) is 51.9 Å². The van der Waals surface area contributed by atoms with Crippen molar-refractivity contribution in [3.63, 3.8) is 0 Å². The van der Waals surface area contributed by atoms with Gasteiger partial charge in [-0.15, -0.1) is 0 Å². The monoisotopic (exact) mass is 493 g/mol. The van der Waals surface area contributed by atoms with E-state index in [1.165, 1.54) is 0 Å². The molecule has 3 N–H and O–H groups in total. The molecule has 2 bridgehead atoms. The van der Waals surface area contributed by atoms with E-state index in [1.807, 2.05) is 32.0 Å². The zero-order valence-corrected chi connectivity index (χ0v) is 17.6. The fraction of sp³-hybridized carbons (Fsp3) is 0.533. The maximum atomic E-state index is 4.65. The van der Waals surface area contributed by atoms with Gasteiger partial charge in [-0.3, -0.25) is 9.98 Å². The smallest absolute Gasteiger partial charge is 1.00 e. The van der Waals surface area contributed by atoms with Gasteiger partial charge >= 0.3 is 16.8 Å². The number of rotatable bonds is 0. The molecule has 0 atom stereocenters. The molecule has 23 heavy (non-hydrogen) atoms. The summed E-state index contributed by atoms with van der Waals surface area (Å²) < 4.78 is 0. The van der Waals surface area contributed by atoms with Crippen molar-refractivity contribution in [2.24, 2.45) is 9.98 Å². The summed E-state index contributed by atoms with van der Waals surface area (Å²) in [4.78, 5) is 13.8. The van der Waals surface area contributed by atoms with Crippen LogP contribution < -0.4 is 39.3 Å². The molecular weight excluding hydrogens is 471 g/mol. The molecule has 0 saturated carbocycles. The second kappa shape index (κ2) is 15.4. The number of pyridine rings is 1. The third kappa shape index (κ3) is 9.68. The number of nitrogens with one attached hydrogen (secondary N) is 1. The number of hydrogen-bond acceptors (Lipinski definition) is 4. The molecule has 2 heterocycles. The van der Waals surface area contributed by atoms with Gasteiger partial charge in [0.05, 0.1) is 22.8 Å². The molecule has 1 aromatic rings. The average Bonchev–Trinajstić information content (AvgIpc) is 2.44. The first-order valence-corrected chi connectivity index (χ1v) is 6.98. The number of fused-ring (bicyclic) bond motifs is 2. The summed E-state index contributed by atoms with van der Waals surface area (Å²) in [5.74, 6) is 0. The molecule has 0 fully saturated rings. The van der Waals surface area contributed by atoms with Gasteiger partial charge in [0.25, 0.3) is 0 Å². The maximum Gasteiger partial charge on any atom is 2.00 e. The van der Waals surface area contributed by atoms with Crippen molar-refractivity contribution in [1.29, 1.82) is 0 Å². The summed E-state index contributed by atoms with van der Waals surface area (Å²) in [6, 6.07) is 6.06. The zero-order chi connectivity index (χ0) is 13.5. The first kappa shape index (κ1) is 27.7. The molecule has 0 saturated heterocycles. The normalized spacial score (nSPS) is 19.6. The van der Waals surface area contributed by atoms with Crippen molar-refractivity contribution in [1.82, 2.24) is 10.3 Å². The third-order valence-corrected chi connectivity index (χ3v) is 3.21. The van der Waals surface area contributed by atoms with Crippen LogP contribution in [0.4, 0.5) is 0 Å². The molecule has 5 nitrogen and oxygen atoms in total. The van der Waals surface area contributed by atoms with E-state index in [1.54, 1.807) is 0 Å². The third-order valence-electron chi connectivity index (χ3n) is 3.21. The molecule has 1 aliphatic heterocycles. The summed E-state index contributed by atoms with van der Waals surface area (Å²) in [7, 11) is 0. The minimum absolute atomic E-state index is 0. The Morgan fingerprint density at radius 3 is 1.74 bits per heavy atom. The Kier molecular flexibility index (Phi) is 18.6. The predicted octanol–water partition coefficient (Wildman–Crippen LogP) is -4.74. The van der Waals surface area contributed by atoms with E-state index in [-0.39, 0.29) is 56.2 Å². The van der Waals surface area contributed by atoms with Crippen LogP contribution in [0.2, 0.25) is 0 Å². The molecule has 1 radical (unpaired) electrons. The van der Waals surface area contributed by atoms with Crippen molar-refractivity contribution in [2.75, 3.05) is 26.2 Å². The molecule has 0 aromatic carbocycles. The first-order chi connectivity index (χ1) is 9.27. The fourth-order valence-corrected chi connectivity index (χ4v) is 2.03. The van der Waals surface area contributed by atoms with Crippen LogP contribution in [0, 0.1) is 0 Å². The Balaban J connectivity index is -0.000001000. The van der Waals surface area contributed by atoms with Crippen LogP contribution in [-0.2, 0) is 16.8 Å². The van der Waals surface area contributed by atoms with E-state index in [2.05, 4.69) is 20.3 Å². The molecule has 8 heteroatoms. The van der Waals surface area contributed by atoms with E-state index >= 15 is 0 Å². The first-order valence-electron chi connectivity index (χ1n) is 6.98. The van der Waals surface area contributed by atoms with Crippen LogP contribution in [0.1, 0.15) is 38.1 Å². The molecule has 133 valence electrons. The molecule has 0 aliphatic carbocycles. The van der Waals surface area contributed by atoms with Gasteiger partial charge in [0, 0.05) is 13.1 Å². The van der Waals surface area contributed by atoms with Crippen LogP contribution in [0.15, 0.2) is 28.2 Å². The topological polar surface area (TPSA) is 81.1 Å². The fourth-order valence-electron chi connectivity index (χ4n) is 2.03. The molecule has 1 aliphatic rings. The van der Waals surface area contributed by atoms with E-state index in [0.29, 0.717) is 0 Å². The molecule has 0 amide bonds. The van der Waals surface area contributed by atoms with Crippen molar-refractivity contribution in [3.05, 3.63) is 29.6 Å². The Morgan fingerprint density at radius 1 is 0.870 bits per heavy atom. The van der Waals surface area contributed by atoms with Crippen LogP contribution in [0.5, 0.6) is 0 Å². The largest absolute Gasteiger partial charge is 2.00 e. The van der Waals surface area contributed by atoms with Crippen LogP contribution in [0.25, 0.3) is 0 Å². The number of aromatic nitrogens is 1. The van der Waals surface area contributed by atoms with Gasteiger partial charge in [-0.2, -0.15) is 0 Å². The second-order valence-corrected chi connectivity index (χ2v) is 4.80. The van der Waals surface area contributed by atoms with Crippen molar-refractivity contribution >= 4 is 11.4 Å². The van der Waals surface area contributed by atoms with E-state index in [9.17, 15) is 0 Å². The van der Waals surface area contributed by atoms with E-state index in [0.717, 1.165) is 61.8 Å². The van der Waals surface area contributed by atoms with Gasteiger partial charge in [0.2, 0.25) is 0 Å². The summed E-state index contributed by atoms with van der Waals surface area (Å²) in [6.45, 7) is 7.81. The Morgan fingerprint density at radius 2 is 1.30 bits per heavy atom. The number of hydrogen-bond donors (Lipinski definition) is 1. The van der Waals surface area contributed by atoms with Gasteiger partial charge in [0.1, 0.15) is 0 Å². The van der Waals surface area contributed by atoms with Gasteiger partial charge < -0.3 is 44.8 Å². The van der Waals surface area contributed by atoms with Gasteiger partial charge in [-0.1, -0.05) is 6.07 Å². The Hall–Kier alpha value is -0.124. The zero-order valence-electron chi connectivity index (χ0n) is 13.4. The summed E-state index contributed by atoms with van der Waals surface area (Å²) in [6.07, 6.45) is 2.14. The summed E-state index contributed by atoms with van der Waals surface area (Å²) >= 11 is 0. The van der Waals surface area contributed by atoms with Gasteiger partial charge in [0.15, 0.2) is 0 Å². The molecule has 1 aromatic heterocycles. The van der Waals surface area contributed by atoms with Crippen molar-refractivity contribution in [3.8, 4) is 0 Å². The molecular formula is C15H24Br2CoN4O. The Labute approximate surface area is 169 Å². The van der Waals surface area contributed by atoms with E-state index in [4.69, 9.17) is 0 Å². The number of aliphatic imine (C=N–C) groups is 2. The SMILES string of the molecule is C/C1=N/CCCNCCC/N=C(\C)c2cccc1n2.O.[Br-].[Br-].[Co+2]. The molecule has 2 rings (SSSR count). The minimum Gasteiger partial charge on any atom is -1.00 e. The van der Waals surface area contributed by atoms with Crippen LogP contribution in [0.3, 0.4) is 0 Å². The van der Waals surface area contributed by atoms with E-state index < -0.39 is 0 Å². The Bertz CT molecular complexity index is 459. The number of halogens is 2. The minimum atomic E-state index is 0. The number of nitrogens with zero attached hydrogens (tertiary/aromatic N) is 3. The second-order valence-electron chi connectivity index (χ2n) is 4.80. The van der Waals surface area contributed by atoms with Gasteiger partial charge in [-0.25, -0.2) is 4.98 Å². The quantitative estimate of drug-likeness (QED) is 0.393. The van der Waals surface area contributed by atoms with Crippen LogP contribution in [-0.4, -0.2) is 48.1 Å².